The van der Waals surface area contributed by atoms with Crippen LogP contribution in [0, 0.1) is 11.7 Å². The Bertz CT molecular complexity index is 617. The summed E-state index contributed by atoms with van der Waals surface area (Å²) < 4.78 is 14.4. The molecule has 126 valence electrons. The molecule has 1 heterocycles. The predicted octanol–water partition coefficient (Wildman–Crippen LogP) is 3.53. The van der Waals surface area contributed by atoms with Crippen molar-refractivity contribution in [2.75, 3.05) is 11.4 Å². The highest BCUT2D eigenvalue weighted by Gasteiger charge is 2.50. The third-order valence-corrected chi connectivity index (χ3v) is 6.04. The van der Waals surface area contributed by atoms with Crippen molar-refractivity contribution in [2.45, 2.75) is 56.4 Å². The van der Waals surface area contributed by atoms with Gasteiger partial charge in [-0.25, -0.2) is 4.39 Å². The molecule has 3 aliphatic rings. The number of carbonyl (C=O) groups excluding carboxylic acids is 1. The number of halogens is 2. The molecule has 1 spiro atoms. The minimum Gasteiger partial charge on any atom is -0.327 e. The Morgan fingerprint density at radius 2 is 2.09 bits per heavy atom. The first kappa shape index (κ1) is 16.7. The van der Waals surface area contributed by atoms with Gasteiger partial charge in [0.25, 0.3) is 0 Å². The topological polar surface area (TPSA) is 46.3 Å². The highest BCUT2D eigenvalue weighted by molar-refractivity contribution is 5.96. The quantitative estimate of drug-likeness (QED) is 0.896. The Hall–Kier alpha value is -1.13. The van der Waals surface area contributed by atoms with Gasteiger partial charge in [0, 0.05) is 30.0 Å². The number of hydrogen-bond donors (Lipinski definition) is 1. The molecule has 1 aromatic rings. The number of nitrogens with two attached hydrogens (primary N) is 1. The molecule has 1 aromatic carbocycles. The van der Waals surface area contributed by atoms with Crippen LogP contribution in [0.5, 0.6) is 0 Å². The van der Waals surface area contributed by atoms with Crippen LogP contribution in [0.2, 0.25) is 0 Å². The molecule has 4 rings (SSSR count). The molecule has 0 bridgehead atoms. The van der Waals surface area contributed by atoms with Gasteiger partial charge in [0.2, 0.25) is 5.91 Å². The third kappa shape index (κ3) is 2.56. The van der Waals surface area contributed by atoms with Gasteiger partial charge in [-0.15, -0.1) is 12.4 Å². The van der Waals surface area contributed by atoms with Gasteiger partial charge in [0.15, 0.2) is 0 Å². The fourth-order valence-corrected chi connectivity index (χ4v) is 4.62. The van der Waals surface area contributed by atoms with Gasteiger partial charge in [0.05, 0.1) is 5.69 Å². The average molecular weight is 339 g/mol. The van der Waals surface area contributed by atoms with Crippen molar-refractivity contribution in [3.63, 3.8) is 0 Å². The summed E-state index contributed by atoms with van der Waals surface area (Å²) in [6.07, 6.45) is 6.81. The molecule has 5 heteroatoms. The number of rotatable bonds is 2. The highest BCUT2D eigenvalue weighted by Crippen LogP contribution is 2.53. The number of amides is 1. The smallest absolute Gasteiger partial charge is 0.227 e. The van der Waals surface area contributed by atoms with E-state index in [9.17, 15) is 9.18 Å². The lowest BCUT2D eigenvalue weighted by molar-refractivity contribution is -0.119. The zero-order valence-corrected chi connectivity index (χ0v) is 14.1. The van der Waals surface area contributed by atoms with E-state index in [1.807, 2.05) is 11.0 Å². The van der Waals surface area contributed by atoms with E-state index in [1.165, 1.54) is 6.07 Å². The van der Waals surface area contributed by atoms with E-state index in [2.05, 4.69) is 0 Å². The van der Waals surface area contributed by atoms with Crippen LogP contribution in [0.4, 0.5) is 10.1 Å². The van der Waals surface area contributed by atoms with Crippen molar-refractivity contribution >= 4 is 24.0 Å². The molecule has 23 heavy (non-hydrogen) atoms. The van der Waals surface area contributed by atoms with Crippen molar-refractivity contribution in [2.24, 2.45) is 11.7 Å². The molecule has 2 atom stereocenters. The monoisotopic (exact) mass is 338 g/mol. The lowest BCUT2D eigenvalue weighted by Gasteiger charge is -2.39. The van der Waals surface area contributed by atoms with E-state index < -0.39 is 0 Å². The number of nitrogens with zero attached hydrogens (tertiary/aromatic N) is 1. The van der Waals surface area contributed by atoms with Crippen molar-refractivity contribution in [3.05, 3.63) is 29.6 Å². The Kier molecular flexibility index (Phi) is 4.41. The van der Waals surface area contributed by atoms with Gasteiger partial charge >= 0.3 is 0 Å². The number of hydrogen-bond acceptors (Lipinski definition) is 2. The SMILES string of the molecule is Cl.N[C@@H]1CCC[C@H]1CC(=O)N1CC2(CCC2)c2c(F)cccc21. The van der Waals surface area contributed by atoms with Crippen molar-refractivity contribution in [1.29, 1.82) is 0 Å². The normalized spacial score (nSPS) is 27.5. The van der Waals surface area contributed by atoms with Crippen LogP contribution >= 0.6 is 12.4 Å². The Labute approximate surface area is 142 Å². The number of fused-ring (bicyclic) bond motifs is 2. The van der Waals surface area contributed by atoms with Crippen LogP contribution in [-0.4, -0.2) is 18.5 Å². The van der Waals surface area contributed by atoms with E-state index in [-0.39, 0.29) is 35.6 Å². The van der Waals surface area contributed by atoms with Crippen LogP contribution < -0.4 is 10.6 Å². The van der Waals surface area contributed by atoms with Crippen LogP contribution in [0.25, 0.3) is 0 Å². The summed E-state index contributed by atoms with van der Waals surface area (Å²) in [6.45, 7) is 0.657. The molecule has 2 fully saturated rings. The summed E-state index contributed by atoms with van der Waals surface area (Å²) in [7, 11) is 0. The molecule has 0 saturated heterocycles. The first-order chi connectivity index (χ1) is 10.6. The molecule has 3 nitrogen and oxygen atoms in total. The summed E-state index contributed by atoms with van der Waals surface area (Å²) in [4.78, 5) is 14.6. The maximum atomic E-state index is 14.4. The Balaban J connectivity index is 0.00000156. The molecule has 0 radical (unpaired) electrons. The predicted molar refractivity (Wildman–Crippen MR) is 91.5 cm³/mol. The van der Waals surface area contributed by atoms with E-state index >= 15 is 0 Å². The molecule has 2 saturated carbocycles. The van der Waals surface area contributed by atoms with Crippen molar-refractivity contribution < 1.29 is 9.18 Å². The Morgan fingerprint density at radius 3 is 2.70 bits per heavy atom. The third-order valence-electron chi connectivity index (χ3n) is 6.04. The second kappa shape index (κ2) is 6.06. The van der Waals surface area contributed by atoms with E-state index in [0.29, 0.717) is 18.9 Å². The number of anilines is 1. The molecule has 1 amide bonds. The molecular formula is C18H24ClFN2O. The first-order valence-corrected chi connectivity index (χ1v) is 8.46. The van der Waals surface area contributed by atoms with Gasteiger partial charge in [0.1, 0.15) is 5.82 Å². The summed E-state index contributed by atoms with van der Waals surface area (Å²) in [5.74, 6) is 0.269. The molecule has 2 aliphatic carbocycles. The van der Waals surface area contributed by atoms with E-state index in [4.69, 9.17) is 5.73 Å². The van der Waals surface area contributed by atoms with Crippen LogP contribution in [0.1, 0.15) is 50.5 Å². The summed E-state index contributed by atoms with van der Waals surface area (Å²) in [5.41, 5.74) is 7.57. The molecule has 1 aliphatic heterocycles. The molecule has 0 aromatic heterocycles. The van der Waals surface area contributed by atoms with Crippen molar-refractivity contribution in [3.8, 4) is 0 Å². The fourth-order valence-electron chi connectivity index (χ4n) is 4.62. The summed E-state index contributed by atoms with van der Waals surface area (Å²) in [5, 5.41) is 0. The summed E-state index contributed by atoms with van der Waals surface area (Å²) >= 11 is 0. The van der Waals surface area contributed by atoms with Crippen LogP contribution in [0.15, 0.2) is 18.2 Å². The molecule has 0 unspecified atom stereocenters. The van der Waals surface area contributed by atoms with Gasteiger partial charge < -0.3 is 10.6 Å². The van der Waals surface area contributed by atoms with Gasteiger partial charge in [-0.1, -0.05) is 18.9 Å². The van der Waals surface area contributed by atoms with E-state index in [1.54, 1.807) is 6.07 Å². The van der Waals surface area contributed by atoms with Gasteiger partial charge in [-0.3, -0.25) is 4.79 Å². The average Bonchev–Trinajstić information content (AvgIpc) is 3.01. The number of carbonyl (C=O) groups is 1. The van der Waals surface area contributed by atoms with Crippen molar-refractivity contribution in [1.82, 2.24) is 0 Å². The molecular weight excluding hydrogens is 315 g/mol. The van der Waals surface area contributed by atoms with Crippen LogP contribution in [-0.2, 0) is 10.2 Å². The van der Waals surface area contributed by atoms with Gasteiger partial charge in [-0.2, -0.15) is 0 Å². The maximum absolute atomic E-state index is 14.4. The lowest BCUT2D eigenvalue weighted by atomic mass is 9.65. The highest BCUT2D eigenvalue weighted by atomic mass is 35.5. The van der Waals surface area contributed by atoms with E-state index in [0.717, 1.165) is 49.8 Å². The second-order valence-corrected chi connectivity index (χ2v) is 7.31. The fraction of sp³-hybridized carbons (Fsp3) is 0.611. The maximum Gasteiger partial charge on any atom is 0.227 e. The number of benzene rings is 1. The van der Waals surface area contributed by atoms with Crippen LogP contribution in [0.3, 0.4) is 0 Å². The molecule has 2 N–H and O–H groups in total. The zero-order chi connectivity index (χ0) is 15.3. The summed E-state index contributed by atoms with van der Waals surface area (Å²) in [6, 6.07) is 5.29. The minimum atomic E-state index is -0.148. The first-order valence-electron chi connectivity index (χ1n) is 8.46. The standard InChI is InChI=1S/C18H23FN2O.ClH/c19-13-5-2-7-15-17(13)18(8-3-9-18)11-21(15)16(22)10-12-4-1-6-14(12)20;/h2,5,7,12,14H,1,3-4,6,8-11,20H2;1H/t12-,14+;/m0./s1. The second-order valence-electron chi connectivity index (χ2n) is 7.31. The minimum absolute atomic E-state index is 0. The largest absolute Gasteiger partial charge is 0.327 e. The Morgan fingerprint density at radius 1 is 1.30 bits per heavy atom. The van der Waals surface area contributed by atoms with Gasteiger partial charge in [-0.05, 0) is 43.7 Å². The zero-order valence-electron chi connectivity index (χ0n) is 13.3. The lowest BCUT2D eigenvalue weighted by Crippen LogP contribution is -2.42.